The van der Waals surface area contributed by atoms with Gasteiger partial charge in [0.05, 0.1) is 44.5 Å². The first kappa shape index (κ1) is 72.4. The van der Waals surface area contributed by atoms with Gasteiger partial charge in [-0.2, -0.15) is 127 Å². The summed E-state index contributed by atoms with van der Waals surface area (Å²) in [5.41, 5.74) is -27.4. The van der Waals surface area contributed by atoms with E-state index in [0.29, 0.717) is 0 Å². The van der Waals surface area contributed by atoms with Gasteiger partial charge in [-0.05, 0) is 42.7 Å². The Kier molecular flexibility index (Phi) is 24.3. The Hall–Kier alpha value is -6.37. The van der Waals surface area contributed by atoms with Gasteiger partial charge in [-0.3, -0.25) is 0 Å². The van der Waals surface area contributed by atoms with Crippen molar-refractivity contribution in [1.82, 2.24) is 0 Å². The molecule has 0 fully saturated rings. The second kappa shape index (κ2) is 29.5. The van der Waals surface area contributed by atoms with Gasteiger partial charge in [0.25, 0.3) is 0 Å². The quantitative estimate of drug-likeness (QED) is 0.0261. The van der Waals surface area contributed by atoms with Gasteiger partial charge in [-0.15, -0.1) is 0 Å². The molecule has 0 aliphatic rings. The summed E-state index contributed by atoms with van der Waals surface area (Å²) < 4.78 is 343. The largest absolute Gasteiger partial charge is 0.416 e. The van der Waals surface area contributed by atoms with Crippen molar-refractivity contribution in [2.24, 2.45) is 0 Å². The third kappa shape index (κ3) is 20.9. The minimum atomic E-state index is -6.13. The molecule has 0 radical (unpaired) electrons. The topological polar surface area (TPSA) is 3.88 Å². The summed E-state index contributed by atoms with van der Waals surface area (Å²) in [5.74, 6) is 0. The van der Waals surface area contributed by atoms with E-state index in [0.717, 1.165) is 6.54 Å². The molecule has 0 aliphatic heterocycles. The van der Waals surface area contributed by atoms with Crippen LogP contribution in [0.5, 0.6) is 0 Å². The lowest BCUT2D eigenvalue weighted by atomic mass is 9.12. The number of halogens is 24. The molecular formula is C62H60BF24N. The first-order chi connectivity index (χ1) is 40.6. The molecule has 26 heteroatoms. The zero-order valence-corrected chi connectivity index (χ0v) is 46.9. The Labute approximate surface area is 492 Å². The molecule has 1 heterocycles. The van der Waals surface area contributed by atoms with E-state index in [9.17, 15) is 105 Å². The molecule has 0 aliphatic carbocycles. The first-order valence-electron chi connectivity index (χ1n) is 28.0. The Morgan fingerprint density at radius 2 is 0.500 bits per heavy atom. The molecule has 1 nitrogen and oxygen atoms in total. The maximum atomic E-state index is 14.2. The van der Waals surface area contributed by atoms with E-state index in [2.05, 4.69) is 66.3 Å². The monoisotopic (exact) mass is 1290 g/mol. The molecule has 0 unspecified atom stereocenters. The molecule has 0 bridgehead atoms. The zero-order valence-electron chi connectivity index (χ0n) is 46.9. The fourth-order valence-corrected chi connectivity index (χ4v) is 10.5. The molecular weight excluding hydrogens is 1230 g/mol. The second-order valence-electron chi connectivity index (χ2n) is 21.6. The average Bonchev–Trinajstić information content (AvgIpc) is 0.915. The SMILES string of the molecule is CCCCCCCCCCCCCCCCCCc1cc[n+](Cc2ccccc2)cc1.FC(F)(F)c1cc([B-](c2cc(C(F)(F)F)cc(C(F)(F)F)c2)(c2cc(C(F)(F)F)cc(C(F)(F)F)c2)c2cc(C(F)(F)F)cc(C(F)(F)F)c2)cc(C(F)(F)F)c1. The van der Waals surface area contributed by atoms with E-state index in [1.807, 2.05) is 0 Å². The van der Waals surface area contributed by atoms with E-state index in [1.54, 1.807) is 0 Å². The number of aromatic nitrogens is 1. The molecule has 1 aromatic heterocycles. The van der Waals surface area contributed by atoms with Crippen LogP contribution >= 0.6 is 0 Å². The maximum absolute atomic E-state index is 14.2. The third-order valence-corrected chi connectivity index (χ3v) is 14.9. The van der Waals surface area contributed by atoms with Gasteiger partial charge in [0.15, 0.2) is 18.9 Å². The highest BCUT2D eigenvalue weighted by molar-refractivity contribution is 7.20. The van der Waals surface area contributed by atoms with E-state index < -0.39 is 195 Å². The Bertz CT molecular complexity index is 2710. The summed E-state index contributed by atoms with van der Waals surface area (Å²) in [6, 6.07) is 6.48. The molecule has 88 heavy (non-hydrogen) atoms. The van der Waals surface area contributed by atoms with Crippen molar-refractivity contribution in [2.45, 2.75) is 172 Å². The summed E-state index contributed by atoms with van der Waals surface area (Å²) in [6.45, 7) is 3.26. The number of alkyl halides is 24. The maximum Gasteiger partial charge on any atom is 0.416 e. The van der Waals surface area contributed by atoms with Crippen molar-refractivity contribution in [2.75, 3.05) is 0 Å². The normalized spacial score (nSPS) is 13.2. The second-order valence-corrected chi connectivity index (χ2v) is 21.6. The van der Waals surface area contributed by atoms with Crippen molar-refractivity contribution in [3.05, 3.63) is 183 Å². The Balaban J connectivity index is 0.000000383. The number of rotatable bonds is 23. The number of unbranched alkanes of at least 4 members (excludes halogenated alkanes) is 15. The van der Waals surface area contributed by atoms with Crippen LogP contribution in [0, 0.1) is 0 Å². The first-order valence-corrected chi connectivity index (χ1v) is 28.0. The van der Waals surface area contributed by atoms with Crippen LogP contribution in [0.15, 0.2) is 128 Å². The van der Waals surface area contributed by atoms with Crippen LogP contribution in [-0.2, 0) is 62.4 Å². The van der Waals surface area contributed by atoms with Crippen molar-refractivity contribution >= 4 is 28.0 Å². The van der Waals surface area contributed by atoms with E-state index in [1.165, 1.54) is 120 Å². The summed E-state index contributed by atoms with van der Waals surface area (Å²) in [5, 5.41) is 0. The highest BCUT2D eigenvalue weighted by atomic mass is 19.4. The number of hydrogen-bond acceptors (Lipinski definition) is 0. The van der Waals surface area contributed by atoms with Crippen molar-refractivity contribution in [1.29, 1.82) is 0 Å². The van der Waals surface area contributed by atoms with Crippen LogP contribution in [0.25, 0.3) is 0 Å². The molecule has 0 spiro atoms. The molecule has 5 aromatic carbocycles. The van der Waals surface area contributed by atoms with Gasteiger partial charge >= 0.3 is 49.4 Å². The number of aryl methyl sites for hydroxylation is 1. The van der Waals surface area contributed by atoms with Crippen LogP contribution in [0.1, 0.15) is 165 Å². The van der Waals surface area contributed by atoms with Crippen molar-refractivity contribution in [3.8, 4) is 0 Å². The summed E-state index contributed by atoms with van der Waals surface area (Å²) in [6.07, 6.45) is -26.1. The smallest absolute Gasteiger partial charge is 0.201 e. The lowest BCUT2D eigenvalue weighted by molar-refractivity contribution is -0.688. The number of pyridine rings is 1. The van der Waals surface area contributed by atoms with E-state index in [-0.39, 0.29) is 0 Å². The summed E-state index contributed by atoms with van der Waals surface area (Å²) >= 11 is 0. The van der Waals surface area contributed by atoms with Gasteiger partial charge in [-0.1, -0.05) is 182 Å². The molecule has 0 saturated heterocycles. The molecule has 0 N–H and O–H groups in total. The average molecular weight is 1290 g/mol. The lowest BCUT2D eigenvalue weighted by Gasteiger charge is -2.46. The number of nitrogens with zero attached hydrogens (tertiary/aromatic N) is 1. The highest BCUT2D eigenvalue weighted by Crippen LogP contribution is 2.42. The van der Waals surface area contributed by atoms with E-state index in [4.69, 9.17) is 0 Å². The predicted octanol–water partition coefficient (Wildman–Crippen LogP) is 20.0. The summed E-state index contributed by atoms with van der Waals surface area (Å²) in [7, 11) is 0. The van der Waals surface area contributed by atoms with Gasteiger partial charge < -0.3 is 0 Å². The predicted molar refractivity (Wildman–Crippen MR) is 286 cm³/mol. The van der Waals surface area contributed by atoms with E-state index >= 15 is 0 Å². The fraction of sp³-hybridized carbons (Fsp3) is 0.435. The number of benzene rings is 5. The molecule has 0 saturated carbocycles. The Morgan fingerprint density at radius 3 is 0.727 bits per heavy atom. The van der Waals surface area contributed by atoms with Gasteiger partial charge in [0.1, 0.15) is 6.15 Å². The van der Waals surface area contributed by atoms with Crippen LogP contribution in [0.3, 0.4) is 0 Å². The van der Waals surface area contributed by atoms with Crippen LogP contribution < -0.4 is 26.4 Å². The molecule has 0 atom stereocenters. The van der Waals surface area contributed by atoms with Gasteiger partial charge in [0.2, 0.25) is 0 Å². The van der Waals surface area contributed by atoms with Gasteiger partial charge in [-0.25, -0.2) is 4.57 Å². The molecule has 6 aromatic rings. The minimum absolute atomic E-state index is 0.691. The lowest BCUT2D eigenvalue weighted by Crippen LogP contribution is -2.75. The Morgan fingerprint density at radius 1 is 0.273 bits per heavy atom. The zero-order chi connectivity index (χ0) is 65.7. The van der Waals surface area contributed by atoms with Gasteiger partial charge in [0, 0.05) is 17.7 Å². The fourth-order valence-electron chi connectivity index (χ4n) is 10.5. The molecule has 484 valence electrons. The standard InChI is InChI=1S/C32H12BF24.C30H48N/c34-25(35,36)13-1-14(26(37,38)39)6-21(5-13)33(22-7-15(27(40,41)42)2-16(8-22)28(43,44)45,23-9-17(29(46,47)48)3-18(10-23)30(49,50)51)24-11-19(31(52,53)54)4-20(12-24)32(55,56)57;1-2-3-4-5-6-7-8-9-10-11-12-13-14-15-16-18-21-29-24-26-31(27-25-29)28-30-22-19-17-20-23-30/h1-12H;17,19-20,22-27H,2-16,18,21,28H2,1H3/q-1;+1. The van der Waals surface area contributed by atoms with Crippen LogP contribution in [-0.4, -0.2) is 6.15 Å². The highest BCUT2D eigenvalue weighted by Gasteiger charge is 2.47. The number of hydrogen-bond donors (Lipinski definition) is 0. The van der Waals surface area contributed by atoms with Crippen LogP contribution in [0.4, 0.5) is 105 Å². The molecule has 0 amide bonds. The third-order valence-electron chi connectivity index (χ3n) is 14.9. The summed E-state index contributed by atoms with van der Waals surface area (Å²) in [4.78, 5) is 0. The van der Waals surface area contributed by atoms with Crippen molar-refractivity contribution in [3.63, 3.8) is 0 Å². The molecule has 6 rings (SSSR count). The van der Waals surface area contributed by atoms with Crippen molar-refractivity contribution < 1.29 is 110 Å². The minimum Gasteiger partial charge on any atom is -0.201 e. The van der Waals surface area contributed by atoms with Crippen LogP contribution in [0.2, 0.25) is 0 Å².